The van der Waals surface area contributed by atoms with Gasteiger partial charge in [0.05, 0.1) is 6.61 Å². The molecule has 1 aliphatic rings. The number of carbonyl (C=O) groups excluding carboxylic acids is 1. The van der Waals surface area contributed by atoms with Crippen molar-refractivity contribution in [3.63, 3.8) is 0 Å². The Balaban J connectivity index is 2.35. The molecule has 1 saturated heterocycles. The molecular weight excluding hydrogens is 160 g/mol. The van der Waals surface area contributed by atoms with Crippen molar-refractivity contribution in [2.75, 3.05) is 13.7 Å². The Morgan fingerprint density at radius 3 is 2.92 bits per heavy atom. The first-order valence-electron chi connectivity index (χ1n) is 4.12. The summed E-state index contributed by atoms with van der Waals surface area (Å²) in [7, 11) is 1.42. The lowest BCUT2D eigenvalue weighted by Crippen LogP contribution is -2.40. The van der Waals surface area contributed by atoms with E-state index in [2.05, 4.69) is 0 Å². The molecule has 1 rings (SSSR count). The summed E-state index contributed by atoms with van der Waals surface area (Å²) in [5.41, 5.74) is 0. The Bertz CT molecular complexity index is 157. The van der Waals surface area contributed by atoms with Crippen molar-refractivity contribution in [2.24, 2.45) is 0 Å². The van der Waals surface area contributed by atoms with Gasteiger partial charge in [-0.3, -0.25) is 0 Å². The number of cyclic esters (lactones) is 1. The quantitative estimate of drug-likeness (QED) is 0.591. The highest BCUT2D eigenvalue weighted by molar-refractivity contribution is 5.73. The highest BCUT2D eigenvalue weighted by Gasteiger charge is 2.30. The molecule has 0 N–H and O–H groups in total. The van der Waals surface area contributed by atoms with Crippen LogP contribution in [0.2, 0.25) is 0 Å². The minimum atomic E-state index is -0.821. The van der Waals surface area contributed by atoms with Crippen LogP contribution in [-0.4, -0.2) is 32.1 Å². The summed E-state index contributed by atoms with van der Waals surface area (Å²) in [6.07, 6.45) is 0.924. The van der Waals surface area contributed by atoms with Crippen molar-refractivity contribution in [1.82, 2.24) is 0 Å². The number of methoxy groups -OCH3 is 1. The van der Waals surface area contributed by atoms with E-state index in [1.807, 2.05) is 6.92 Å². The van der Waals surface area contributed by atoms with Crippen LogP contribution in [0.4, 0.5) is 0 Å². The zero-order valence-electron chi connectivity index (χ0n) is 7.41. The molecule has 0 aromatic rings. The van der Waals surface area contributed by atoms with Gasteiger partial charge in [-0.05, 0) is 6.42 Å². The summed E-state index contributed by atoms with van der Waals surface area (Å²) >= 11 is 0. The third-order valence-corrected chi connectivity index (χ3v) is 1.73. The Hall–Kier alpha value is -0.610. The second-order valence-corrected chi connectivity index (χ2v) is 2.75. The summed E-state index contributed by atoms with van der Waals surface area (Å²) in [4.78, 5) is 11.0. The Labute approximate surface area is 71.8 Å². The van der Waals surface area contributed by atoms with Gasteiger partial charge in [-0.15, -0.1) is 0 Å². The van der Waals surface area contributed by atoms with Crippen molar-refractivity contribution in [3.05, 3.63) is 0 Å². The maximum absolute atomic E-state index is 11.0. The minimum absolute atomic E-state index is 0.0890. The third kappa shape index (κ3) is 2.19. The molecule has 0 aliphatic carbocycles. The van der Waals surface area contributed by atoms with E-state index in [9.17, 15) is 4.79 Å². The molecule has 0 spiro atoms. The van der Waals surface area contributed by atoms with E-state index in [-0.39, 0.29) is 6.10 Å². The van der Waals surface area contributed by atoms with Crippen LogP contribution >= 0.6 is 0 Å². The molecular formula is C8H14O4. The highest BCUT2D eigenvalue weighted by Crippen LogP contribution is 2.13. The molecule has 0 bridgehead atoms. The van der Waals surface area contributed by atoms with Gasteiger partial charge in [-0.25, -0.2) is 4.79 Å². The van der Waals surface area contributed by atoms with Crippen molar-refractivity contribution in [3.8, 4) is 0 Å². The van der Waals surface area contributed by atoms with E-state index in [4.69, 9.17) is 14.2 Å². The summed E-state index contributed by atoms with van der Waals surface area (Å²) in [5, 5.41) is 0. The van der Waals surface area contributed by atoms with Crippen molar-refractivity contribution in [1.29, 1.82) is 0 Å². The van der Waals surface area contributed by atoms with Crippen LogP contribution in [-0.2, 0) is 19.0 Å². The van der Waals surface area contributed by atoms with E-state index < -0.39 is 12.3 Å². The summed E-state index contributed by atoms with van der Waals surface area (Å²) in [6.45, 7) is 2.48. The van der Waals surface area contributed by atoms with Gasteiger partial charge in [0.1, 0.15) is 6.10 Å². The molecule has 1 heterocycles. The monoisotopic (exact) mass is 174 g/mol. The van der Waals surface area contributed by atoms with Crippen LogP contribution in [0.1, 0.15) is 19.8 Å². The van der Waals surface area contributed by atoms with Crippen LogP contribution in [0, 0.1) is 0 Å². The molecule has 1 fully saturated rings. The fraction of sp³-hybridized carbons (Fsp3) is 0.875. The van der Waals surface area contributed by atoms with Crippen LogP contribution in [0.3, 0.4) is 0 Å². The maximum Gasteiger partial charge on any atom is 0.363 e. The molecule has 4 heteroatoms. The zero-order valence-corrected chi connectivity index (χ0v) is 7.41. The first-order valence-corrected chi connectivity index (χ1v) is 4.12. The maximum atomic E-state index is 11.0. The zero-order chi connectivity index (χ0) is 8.97. The van der Waals surface area contributed by atoms with Crippen LogP contribution < -0.4 is 0 Å². The second-order valence-electron chi connectivity index (χ2n) is 2.75. The molecule has 4 nitrogen and oxygen atoms in total. The molecule has 0 aromatic carbocycles. The van der Waals surface area contributed by atoms with Gasteiger partial charge in [0.25, 0.3) is 6.29 Å². The van der Waals surface area contributed by atoms with Crippen molar-refractivity contribution >= 4 is 5.97 Å². The number of rotatable bonds is 3. The lowest BCUT2D eigenvalue weighted by Gasteiger charge is -2.27. The van der Waals surface area contributed by atoms with Gasteiger partial charge in [0.15, 0.2) is 0 Å². The third-order valence-electron chi connectivity index (χ3n) is 1.73. The summed E-state index contributed by atoms with van der Waals surface area (Å²) < 4.78 is 14.9. The number of hydrogen-bond donors (Lipinski definition) is 0. The van der Waals surface area contributed by atoms with E-state index in [1.54, 1.807) is 0 Å². The Morgan fingerprint density at radius 2 is 2.42 bits per heavy atom. The Morgan fingerprint density at radius 1 is 1.67 bits per heavy atom. The first-order chi connectivity index (χ1) is 5.77. The molecule has 70 valence electrons. The number of hydrogen-bond acceptors (Lipinski definition) is 4. The largest absolute Gasteiger partial charge is 0.456 e. The van der Waals surface area contributed by atoms with Crippen LogP contribution in [0.15, 0.2) is 0 Å². The van der Waals surface area contributed by atoms with Crippen molar-refractivity contribution in [2.45, 2.75) is 32.2 Å². The molecule has 0 unspecified atom stereocenters. The van der Waals surface area contributed by atoms with Gasteiger partial charge in [-0.1, -0.05) is 13.3 Å². The fourth-order valence-corrected chi connectivity index (χ4v) is 1.15. The normalized spacial score (nSPS) is 30.0. The average Bonchev–Trinajstić information content (AvgIpc) is 2.05. The predicted molar refractivity (Wildman–Crippen MR) is 41.5 cm³/mol. The average molecular weight is 174 g/mol. The molecule has 2 atom stereocenters. The van der Waals surface area contributed by atoms with Crippen molar-refractivity contribution < 1.29 is 19.0 Å². The molecule has 0 aromatic heterocycles. The lowest BCUT2D eigenvalue weighted by molar-refractivity contribution is -0.223. The topological polar surface area (TPSA) is 44.8 Å². The molecule has 0 saturated carbocycles. The standard InChI is InChI=1S/C8H14O4/c1-3-4-6-5-11-8(10-2)7(9)12-6/h6,8H,3-5H2,1-2H3/t6-,8+/m0/s1. The van der Waals surface area contributed by atoms with Crippen LogP contribution in [0.25, 0.3) is 0 Å². The SMILES string of the molecule is CCC[C@H]1CO[C@@H](OC)C(=O)O1. The van der Waals surface area contributed by atoms with Gasteiger partial charge in [0, 0.05) is 7.11 Å². The summed E-state index contributed by atoms with van der Waals surface area (Å²) in [5.74, 6) is -0.415. The van der Waals surface area contributed by atoms with E-state index in [1.165, 1.54) is 7.11 Å². The van der Waals surface area contributed by atoms with E-state index in [0.29, 0.717) is 6.61 Å². The van der Waals surface area contributed by atoms with E-state index in [0.717, 1.165) is 12.8 Å². The van der Waals surface area contributed by atoms with Crippen LogP contribution in [0.5, 0.6) is 0 Å². The van der Waals surface area contributed by atoms with Gasteiger partial charge < -0.3 is 14.2 Å². The van der Waals surface area contributed by atoms with Gasteiger partial charge in [-0.2, -0.15) is 0 Å². The fourth-order valence-electron chi connectivity index (χ4n) is 1.15. The summed E-state index contributed by atoms with van der Waals surface area (Å²) in [6, 6.07) is 0. The second kappa shape index (κ2) is 4.42. The lowest BCUT2D eigenvalue weighted by atomic mass is 10.2. The van der Waals surface area contributed by atoms with E-state index >= 15 is 0 Å². The number of ether oxygens (including phenoxy) is 3. The Kier molecular flexibility index (Phi) is 3.49. The van der Waals surface area contributed by atoms with Gasteiger partial charge in [0.2, 0.25) is 0 Å². The smallest absolute Gasteiger partial charge is 0.363 e. The first kappa shape index (κ1) is 9.48. The van der Waals surface area contributed by atoms with Gasteiger partial charge >= 0.3 is 5.97 Å². The molecule has 0 radical (unpaired) electrons. The minimum Gasteiger partial charge on any atom is -0.456 e. The molecule has 1 aliphatic heterocycles. The highest BCUT2D eigenvalue weighted by atomic mass is 16.7. The number of esters is 1. The molecule has 0 amide bonds. The number of carbonyl (C=O) groups is 1. The predicted octanol–water partition coefficient (Wildman–Crippen LogP) is 0.701. The molecule has 12 heavy (non-hydrogen) atoms.